The number of nitrogens with one attached hydrogen (secondary N) is 1. The summed E-state index contributed by atoms with van der Waals surface area (Å²) in [5.41, 5.74) is 8.97. The maximum atomic E-state index is 9.80. The van der Waals surface area contributed by atoms with E-state index < -0.39 is 0 Å². The highest BCUT2D eigenvalue weighted by molar-refractivity contribution is 9.10. The van der Waals surface area contributed by atoms with E-state index in [2.05, 4.69) is 15.9 Å². The van der Waals surface area contributed by atoms with Crippen molar-refractivity contribution in [1.82, 2.24) is 0 Å². The normalized spacial score (nSPS) is 11.8. The minimum Gasteiger partial charge on any atom is -0.508 e. The van der Waals surface area contributed by atoms with Crippen molar-refractivity contribution in [2.45, 2.75) is 6.42 Å². The van der Waals surface area contributed by atoms with Gasteiger partial charge in [-0.3, -0.25) is 0 Å². The molecule has 0 amide bonds. The number of aromatic hydroxyl groups is 1. The molecule has 2 rings (SSSR count). The summed E-state index contributed by atoms with van der Waals surface area (Å²) in [6.45, 7) is 0. The zero-order valence-corrected chi connectivity index (χ0v) is 12.4. The van der Waals surface area contributed by atoms with Gasteiger partial charge in [0.1, 0.15) is 5.75 Å². The SMILES string of the molecule is N=CC(Cc1ccccc1O)=C(N)c1ccc(Br)cc1. The first kappa shape index (κ1) is 14.3. The van der Waals surface area contributed by atoms with Crippen LogP contribution < -0.4 is 5.73 Å². The summed E-state index contributed by atoms with van der Waals surface area (Å²) in [7, 11) is 0. The Morgan fingerprint density at radius 2 is 1.80 bits per heavy atom. The van der Waals surface area contributed by atoms with E-state index in [1.807, 2.05) is 36.4 Å². The highest BCUT2D eigenvalue weighted by Gasteiger charge is 2.08. The predicted octanol–water partition coefficient (Wildman–Crippen LogP) is 3.72. The molecule has 0 saturated heterocycles. The molecule has 4 N–H and O–H groups in total. The van der Waals surface area contributed by atoms with Crippen LogP contribution in [0.25, 0.3) is 5.70 Å². The van der Waals surface area contributed by atoms with Crippen LogP contribution >= 0.6 is 15.9 Å². The van der Waals surface area contributed by atoms with Crippen LogP contribution in [0, 0.1) is 5.41 Å². The lowest BCUT2D eigenvalue weighted by Crippen LogP contribution is -2.05. The molecule has 2 aromatic rings. The topological polar surface area (TPSA) is 70.1 Å². The van der Waals surface area contributed by atoms with Crippen LogP contribution in [0.1, 0.15) is 11.1 Å². The quantitative estimate of drug-likeness (QED) is 0.748. The van der Waals surface area contributed by atoms with Crippen molar-refractivity contribution >= 4 is 27.8 Å². The molecule has 0 aromatic heterocycles. The smallest absolute Gasteiger partial charge is 0.119 e. The van der Waals surface area contributed by atoms with Crippen molar-refractivity contribution in [3.8, 4) is 5.75 Å². The minimum atomic E-state index is 0.218. The van der Waals surface area contributed by atoms with Crippen molar-refractivity contribution in [3.63, 3.8) is 0 Å². The highest BCUT2D eigenvalue weighted by Crippen LogP contribution is 2.23. The van der Waals surface area contributed by atoms with Gasteiger partial charge in [-0.25, -0.2) is 0 Å². The van der Waals surface area contributed by atoms with Gasteiger partial charge in [-0.2, -0.15) is 0 Å². The van der Waals surface area contributed by atoms with Crippen LogP contribution in [0.4, 0.5) is 0 Å². The molecule has 3 nitrogen and oxygen atoms in total. The Kier molecular flexibility index (Phi) is 4.58. The molecule has 0 unspecified atom stereocenters. The number of nitrogens with two attached hydrogens (primary N) is 1. The zero-order valence-electron chi connectivity index (χ0n) is 10.8. The lowest BCUT2D eigenvalue weighted by atomic mass is 10.00. The van der Waals surface area contributed by atoms with E-state index >= 15 is 0 Å². The summed E-state index contributed by atoms with van der Waals surface area (Å²) in [5, 5.41) is 17.3. The minimum absolute atomic E-state index is 0.218. The molecule has 0 heterocycles. The van der Waals surface area contributed by atoms with Crippen LogP contribution in [-0.2, 0) is 6.42 Å². The molecule has 0 atom stereocenters. The van der Waals surface area contributed by atoms with Crippen LogP contribution in [-0.4, -0.2) is 11.3 Å². The number of phenols is 1. The first-order valence-corrected chi connectivity index (χ1v) is 6.93. The average molecular weight is 331 g/mol. The molecule has 0 saturated carbocycles. The molecular formula is C16H15BrN2O. The molecule has 4 heteroatoms. The average Bonchev–Trinajstić information content (AvgIpc) is 2.46. The number of hydrogen-bond donors (Lipinski definition) is 3. The van der Waals surface area contributed by atoms with Gasteiger partial charge in [-0.15, -0.1) is 0 Å². The highest BCUT2D eigenvalue weighted by atomic mass is 79.9. The van der Waals surface area contributed by atoms with Crippen molar-refractivity contribution in [2.75, 3.05) is 0 Å². The molecular weight excluding hydrogens is 316 g/mol. The Hall–Kier alpha value is -2.07. The van der Waals surface area contributed by atoms with Gasteiger partial charge in [0, 0.05) is 22.8 Å². The Morgan fingerprint density at radius 3 is 2.40 bits per heavy atom. The standard InChI is InChI=1S/C16H15BrN2O/c17-14-7-5-11(6-8-14)16(19)13(10-18)9-12-3-1-2-4-15(12)20/h1-8,10,18,20H,9,19H2. The van der Waals surface area contributed by atoms with Gasteiger partial charge in [-0.05, 0) is 34.9 Å². The van der Waals surface area contributed by atoms with Gasteiger partial charge in [0.2, 0.25) is 0 Å². The Labute approximate surface area is 126 Å². The lowest BCUT2D eigenvalue weighted by Gasteiger charge is -2.09. The maximum absolute atomic E-state index is 9.80. The zero-order chi connectivity index (χ0) is 14.5. The molecule has 0 aliphatic rings. The molecule has 102 valence electrons. The fraction of sp³-hybridized carbons (Fsp3) is 0.0625. The van der Waals surface area contributed by atoms with Crippen LogP contribution in [0.5, 0.6) is 5.75 Å². The van der Waals surface area contributed by atoms with Gasteiger partial charge in [0.05, 0.1) is 0 Å². The third-order valence-corrected chi connectivity index (χ3v) is 3.58. The van der Waals surface area contributed by atoms with Gasteiger partial charge in [0.15, 0.2) is 0 Å². The van der Waals surface area contributed by atoms with E-state index in [4.69, 9.17) is 11.1 Å². The summed E-state index contributed by atoms with van der Waals surface area (Å²) >= 11 is 3.38. The molecule has 0 radical (unpaired) electrons. The third kappa shape index (κ3) is 3.27. The molecule has 0 spiro atoms. The number of para-hydroxylation sites is 1. The second-order valence-corrected chi connectivity index (χ2v) is 5.31. The van der Waals surface area contributed by atoms with Crippen LogP contribution in [0.3, 0.4) is 0 Å². The van der Waals surface area contributed by atoms with Gasteiger partial charge < -0.3 is 16.2 Å². The molecule has 0 aliphatic carbocycles. The molecule has 0 fully saturated rings. The summed E-state index contributed by atoms with van der Waals surface area (Å²) in [5.74, 6) is 0.218. The first-order chi connectivity index (χ1) is 9.61. The summed E-state index contributed by atoms with van der Waals surface area (Å²) in [4.78, 5) is 0. The maximum Gasteiger partial charge on any atom is 0.119 e. The van der Waals surface area contributed by atoms with Crippen LogP contribution in [0.15, 0.2) is 58.6 Å². The van der Waals surface area contributed by atoms with Crippen molar-refractivity contribution in [3.05, 3.63) is 69.7 Å². The number of halogens is 1. The van der Waals surface area contributed by atoms with Crippen molar-refractivity contribution in [2.24, 2.45) is 5.73 Å². The second-order valence-electron chi connectivity index (χ2n) is 4.40. The largest absolute Gasteiger partial charge is 0.508 e. The van der Waals surface area contributed by atoms with E-state index in [-0.39, 0.29) is 5.75 Å². The fourth-order valence-corrected chi connectivity index (χ4v) is 2.17. The Morgan fingerprint density at radius 1 is 1.15 bits per heavy atom. The Balaban J connectivity index is 2.35. The van der Waals surface area contributed by atoms with Gasteiger partial charge in [0.25, 0.3) is 0 Å². The fourth-order valence-electron chi connectivity index (χ4n) is 1.90. The number of benzene rings is 2. The molecule has 2 aromatic carbocycles. The van der Waals surface area contributed by atoms with E-state index in [9.17, 15) is 5.11 Å². The van der Waals surface area contributed by atoms with Gasteiger partial charge >= 0.3 is 0 Å². The van der Waals surface area contributed by atoms with E-state index in [0.717, 1.165) is 15.6 Å². The summed E-state index contributed by atoms with van der Waals surface area (Å²) in [6, 6.07) is 14.7. The monoisotopic (exact) mass is 330 g/mol. The molecule has 0 bridgehead atoms. The summed E-state index contributed by atoms with van der Waals surface area (Å²) in [6.07, 6.45) is 1.67. The molecule has 20 heavy (non-hydrogen) atoms. The number of hydrogen-bond acceptors (Lipinski definition) is 3. The third-order valence-electron chi connectivity index (χ3n) is 3.05. The van der Waals surface area contributed by atoms with E-state index in [1.165, 1.54) is 6.21 Å². The number of phenolic OH excluding ortho intramolecular Hbond substituents is 1. The predicted molar refractivity (Wildman–Crippen MR) is 85.8 cm³/mol. The van der Waals surface area contributed by atoms with Gasteiger partial charge in [-0.1, -0.05) is 46.3 Å². The lowest BCUT2D eigenvalue weighted by molar-refractivity contribution is 0.469. The number of rotatable bonds is 4. The van der Waals surface area contributed by atoms with Crippen molar-refractivity contribution in [1.29, 1.82) is 5.41 Å². The Bertz CT molecular complexity index is 648. The summed E-state index contributed by atoms with van der Waals surface area (Å²) < 4.78 is 0.978. The number of allylic oxidation sites excluding steroid dienone is 1. The molecule has 0 aliphatic heterocycles. The van der Waals surface area contributed by atoms with Crippen molar-refractivity contribution < 1.29 is 5.11 Å². The first-order valence-electron chi connectivity index (χ1n) is 6.13. The van der Waals surface area contributed by atoms with Crippen LogP contribution in [0.2, 0.25) is 0 Å². The van der Waals surface area contributed by atoms with E-state index in [1.54, 1.807) is 12.1 Å². The second kappa shape index (κ2) is 6.39. The van der Waals surface area contributed by atoms with E-state index in [0.29, 0.717) is 17.7 Å².